The zero-order valence-corrected chi connectivity index (χ0v) is 13.2. The van der Waals surface area contributed by atoms with E-state index in [0.717, 1.165) is 12.1 Å². The first-order chi connectivity index (χ1) is 9.52. The monoisotopic (exact) mass is 320 g/mol. The van der Waals surface area contributed by atoms with Gasteiger partial charge in [0.25, 0.3) is 0 Å². The molecular formula is C15H19ClF2O3. The normalized spacial score (nSPS) is 16.2. The van der Waals surface area contributed by atoms with E-state index in [4.69, 9.17) is 16.3 Å². The van der Waals surface area contributed by atoms with Gasteiger partial charge in [-0.15, -0.1) is 11.6 Å². The summed E-state index contributed by atoms with van der Waals surface area (Å²) in [7, 11) is 0. The number of carbonyl (C=O) groups excluding carboxylic acids is 1. The van der Waals surface area contributed by atoms with Crippen LogP contribution >= 0.6 is 11.6 Å². The Morgan fingerprint density at radius 3 is 2.38 bits per heavy atom. The summed E-state index contributed by atoms with van der Waals surface area (Å²) in [6, 6.07) is 2.74. The molecule has 0 bridgehead atoms. The minimum Gasteiger partial charge on any atom is -0.459 e. The van der Waals surface area contributed by atoms with Crippen molar-refractivity contribution >= 4 is 17.6 Å². The van der Waals surface area contributed by atoms with Crippen molar-refractivity contribution in [3.63, 3.8) is 0 Å². The molecule has 0 saturated heterocycles. The van der Waals surface area contributed by atoms with E-state index in [1.54, 1.807) is 20.8 Å². The van der Waals surface area contributed by atoms with Crippen molar-refractivity contribution in [1.29, 1.82) is 0 Å². The van der Waals surface area contributed by atoms with E-state index in [1.807, 2.05) is 0 Å². The zero-order valence-electron chi connectivity index (χ0n) is 12.4. The topological polar surface area (TPSA) is 46.5 Å². The maximum atomic E-state index is 13.9. The molecule has 3 nitrogen and oxygen atoms in total. The summed E-state index contributed by atoms with van der Waals surface area (Å²) in [6.45, 7) is 6.37. The molecule has 1 aromatic carbocycles. The van der Waals surface area contributed by atoms with Gasteiger partial charge >= 0.3 is 5.97 Å². The second kappa shape index (κ2) is 6.28. The highest BCUT2D eigenvalue weighted by atomic mass is 35.5. The number of aliphatic hydroxyl groups is 1. The molecule has 1 aromatic rings. The van der Waals surface area contributed by atoms with E-state index < -0.39 is 40.6 Å². The molecule has 0 heterocycles. The molecule has 118 valence electrons. The van der Waals surface area contributed by atoms with Gasteiger partial charge < -0.3 is 9.84 Å². The molecule has 0 amide bonds. The minimum atomic E-state index is -1.94. The molecule has 1 N–H and O–H groups in total. The van der Waals surface area contributed by atoms with E-state index in [-0.39, 0.29) is 5.56 Å². The molecule has 2 unspecified atom stereocenters. The first-order valence-electron chi connectivity index (χ1n) is 6.47. The Labute approximate surface area is 127 Å². The van der Waals surface area contributed by atoms with Crippen LogP contribution < -0.4 is 0 Å². The maximum Gasteiger partial charge on any atom is 0.311 e. The summed E-state index contributed by atoms with van der Waals surface area (Å²) in [6.07, 6.45) is -1.10. The molecule has 1 rings (SSSR count). The van der Waals surface area contributed by atoms with Gasteiger partial charge in [-0.05, 0) is 33.8 Å². The first kappa shape index (κ1) is 17.9. The van der Waals surface area contributed by atoms with Crippen LogP contribution in [0.5, 0.6) is 0 Å². The molecule has 0 radical (unpaired) electrons. The zero-order chi connectivity index (χ0) is 16.4. The van der Waals surface area contributed by atoms with Gasteiger partial charge in [-0.2, -0.15) is 0 Å². The minimum absolute atomic E-state index is 0.215. The molecule has 6 heteroatoms. The lowest BCUT2D eigenvalue weighted by atomic mass is 9.89. The van der Waals surface area contributed by atoms with E-state index in [9.17, 15) is 18.7 Å². The Morgan fingerprint density at radius 1 is 1.38 bits per heavy atom. The third-order valence-corrected chi connectivity index (χ3v) is 3.58. The highest BCUT2D eigenvalue weighted by molar-refractivity contribution is 6.18. The number of ether oxygens (including phenoxy) is 1. The number of hydrogen-bond acceptors (Lipinski definition) is 3. The van der Waals surface area contributed by atoms with Crippen molar-refractivity contribution in [2.75, 3.05) is 5.88 Å². The van der Waals surface area contributed by atoms with Crippen molar-refractivity contribution in [2.24, 2.45) is 5.41 Å². The van der Waals surface area contributed by atoms with Crippen LogP contribution in [0.4, 0.5) is 8.78 Å². The lowest BCUT2D eigenvalue weighted by Gasteiger charge is -2.34. The van der Waals surface area contributed by atoms with Gasteiger partial charge in [-0.3, -0.25) is 4.79 Å². The van der Waals surface area contributed by atoms with E-state index in [0.29, 0.717) is 6.07 Å². The highest BCUT2D eigenvalue weighted by Gasteiger charge is 2.41. The molecule has 0 aliphatic heterocycles. The summed E-state index contributed by atoms with van der Waals surface area (Å²) in [4.78, 5) is 11.9. The predicted octanol–water partition coefficient (Wildman–Crippen LogP) is 3.37. The van der Waals surface area contributed by atoms with Crippen molar-refractivity contribution in [3.05, 3.63) is 35.4 Å². The fourth-order valence-electron chi connectivity index (χ4n) is 1.68. The van der Waals surface area contributed by atoms with Crippen LogP contribution in [0.2, 0.25) is 0 Å². The van der Waals surface area contributed by atoms with Crippen LogP contribution in [-0.2, 0) is 15.1 Å². The third-order valence-electron chi connectivity index (χ3n) is 3.17. The predicted molar refractivity (Wildman–Crippen MR) is 76.0 cm³/mol. The van der Waals surface area contributed by atoms with Crippen LogP contribution in [0.3, 0.4) is 0 Å². The Bertz CT molecular complexity index is 528. The lowest BCUT2D eigenvalue weighted by Crippen LogP contribution is -2.44. The van der Waals surface area contributed by atoms with Crippen LogP contribution in [0, 0.1) is 17.0 Å². The number of hydrogen-bond donors (Lipinski definition) is 1. The number of benzene rings is 1. The van der Waals surface area contributed by atoms with Crippen molar-refractivity contribution < 1.29 is 23.4 Å². The largest absolute Gasteiger partial charge is 0.459 e. The quantitative estimate of drug-likeness (QED) is 0.683. The van der Waals surface area contributed by atoms with Gasteiger partial charge in [-0.25, -0.2) is 8.78 Å². The van der Waals surface area contributed by atoms with Gasteiger partial charge in [0, 0.05) is 11.6 Å². The van der Waals surface area contributed by atoms with Gasteiger partial charge in [0.2, 0.25) is 0 Å². The molecule has 0 aliphatic carbocycles. The standard InChI is InChI=1S/C15H19ClF2O3/c1-9(21-13(19)14(2,3)4)15(20,8-16)11-6-5-10(17)7-12(11)18/h5-7,9,20H,8H2,1-4H3. The van der Waals surface area contributed by atoms with Crippen LogP contribution in [-0.4, -0.2) is 23.1 Å². The third kappa shape index (κ3) is 3.92. The molecule has 0 aliphatic rings. The molecule has 0 spiro atoms. The van der Waals surface area contributed by atoms with E-state index in [1.165, 1.54) is 6.92 Å². The molecule has 0 saturated carbocycles. The SMILES string of the molecule is CC(OC(=O)C(C)(C)C)C(O)(CCl)c1ccc(F)cc1F. The molecule has 0 fully saturated rings. The lowest BCUT2D eigenvalue weighted by molar-refractivity contribution is -0.171. The molecular weight excluding hydrogens is 302 g/mol. The Morgan fingerprint density at radius 2 is 1.95 bits per heavy atom. The maximum absolute atomic E-state index is 13.9. The van der Waals surface area contributed by atoms with Gasteiger partial charge in [0.1, 0.15) is 23.3 Å². The second-order valence-electron chi connectivity index (χ2n) is 5.98. The number of carbonyl (C=O) groups is 1. The highest BCUT2D eigenvalue weighted by Crippen LogP contribution is 2.32. The fraction of sp³-hybridized carbons (Fsp3) is 0.533. The van der Waals surface area contributed by atoms with E-state index >= 15 is 0 Å². The summed E-state index contributed by atoms with van der Waals surface area (Å²) in [5, 5.41) is 10.6. The first-order valence-corrected chi connectivity index (χ1v) is 7.00. The van der Waals surface area contributed by atoms with Crippen molar-refractivity contribution in [3.8, 4) is 0 Å². The van der Waals surface area contributed by atoms with E-state index in [2.05, 4.69) is 0 Å². The van der Waals surface area contributed by atoms with Gasteiger partial charge in [-0.1, -0.05) is 6.07 Å². The van der Waals surface area contributed by atoms with Crippen molar-refractivity contribution in [1.82, 2.24) is 0 Å². The Hall–Kier alpha value is -1.20. The summed E-state index contributed by atoms with van der Waals surface area (Å²) < 4.78 is 32.0. The number of halogens is 3. The Kier molecular flexibility index (Phi) is 5.34. The smallest absolute Gasteiger partial charge is 0.311 e. The summed E-state index contributed by atoms with van der Waals surface area (Å²) >= 11 is 5.75. The second-order valence-corrected chi connectivity index (χ2v) is 6.25. The summed E-state index contributed by atoms with van der Waals surface area (Å²) in [5.41, 5.74) is -2.93. The van der Waals surface area contributed by atoms with Crippen LogP contribution in [0.25, 0.3) is 0 Å². The van der Waals surface area contributed by atoms with Crippen molar-refractivity contribution in [2.45, 2.75) is 39.4 Å². The van der Waals surface area contributed by atoms with Crippen LogP contribution in [0.15, 0.2) is 18.2 Å². The van der Waals surface area contributed by atoms with Gasteiger partial charge in [0.05, 0.1) is 11.3 Å². The molecule has 0 aromatic heterocycles. The molecule has 21 heavy (non-hydrogen) atoms. The number of alkyl halides is 1. The Balaban J connectivity index is 3.11. The fourth-order valence-corrected chi connectivity index (χ4v) is 2.04. The average Bonchev–Trinajstić information content (AvgIpc) is 2.36. The number of rotatable bonds is 4. The number of esters is 1. The summed E-state index contributed by atoms with van der Waals surface area (Å²) in [5.74, 6) is -2.68. The van der Waals surface area contributed by atoms with Crippen LogP contribution in [0.1, 0.15) is 33.3 Å². The van der Waals surface area contributed by atoms with Gasteiger partial charge in [0.15, 0.2) is 0 Å². The average molecular weight is 321 g/mol. The molecule has 2 atom stereocenters.